The zero-order chi connectivity index (χ0) is 39.1. The first-order chi connectivity index (χ1) is 27.7. The molecule has 1 radical (unpaired) electrons. The normalized spacial score (nSPS) is 12.2. The van der Waals surface area contributed by atoms with Crippen LogP contribution in [0.3, 0.4) is 0 Å². The number of fused-ring (bicyclic) bond motifs is 6. The van der Waals surface area contributed by atoms with Gasteiger partial charge in [0.15, 0.2) is 0 Å². The van der Waals surface area contributed by atoms with Crippen molar-refractivity contribution in [2.45, 2.75) is 27.1 Å². The third-order valence-corrected chi connectivity index (χ3v) is 9.60. The quantitative estimate of drug-likeness (QED) is 0.162. The van der Waals surface area contributed by atoms with Crippen LogP contribution in [-0.4, -0.2) is 14.5 Å². The zero-order valence-electron chi connectivity index (χ0n) is 33.2. The predicted molar refractivity (Wildman–Crippen MR) is 227 cm³/mol. The van der Waals surface area contributed by atoms with Gasteiger partial charge in [0, 0.05) is 45.5 Å². The maximum atomic E-state index is 8.56. The topological polar surface area (TPSA) is 43.9 Å². The van der Waals surface area contributed by atoms with Crippen LogP contribution in [0.5, 0.6) is 0 Å². The molecule has 0 N–H and O–H groups in total. The number of para-hydroxylation sites is 3. The van der Waals surface area contributed by atoms with E-state index in [0.29, 0.717) is 5.56 Å². The van der Waals surface area contributed by atoms with Gasteiger partial charge in [0.05, 0.1) is 22.4 Å². The van der Waals surface area contributed by atoms with Crippen LogP contribution in [0.25, 0.3) is 83.2 Å². The second-order valence-electron chi connectivity index (χ2n) is 14.6. The third kappa shape index (κ3) is 7.32. The molecule has 56 heavy (non-hydrogen) atoms. The number of rotatable bonds is 5. The molecule has 0 atom stereocenters. The summed E-state index contributed by atoms with van der Waals surface area (Å²) in [7, 11) is 0. The molecule has 0 saturated carbocycles. The standard InChI is InChI=1S/C32H26NO.C19H13N2.Ir/c1-32(2,3)20-21-11-13-22(14-12-21)24-17-18-33-29(19-24)28-10-6-9-26-27-16-15-23-7-4-5-8-25(23)30(27)34-31(26)28;1-3-9-15(10-4-1)19-20-17-13-7-8-14-18(17)21(19)16-11-5-2-6-12-16;/h4-9,11-19H,20H2,1-3H3;1-9,11-14H;/q2*-1;/i20D2;;. The third-order valence-electron chi connectivity index (χ3n) is 9.60. The van der Waals surface area contributed by atoms with Crippen LogP contribution in [0.2, 0.25) is 0 Å². The van der Waals surface area contributed by atoms with Gasteiger partial charge < -0.3 is 14.0 Å². The first-order valence-electron chi connectivity index (χ1n) is 19.5. The molecule has 0 aliphatic carbocycles. The summed E-state index contributed by atoms with van der Waals surface area (Å²) < 4.78 is 25.8. The zero-order valence-corrected chi connectivity index (χ0v) is 33.6. The first-order valence-corrected chi connectivity index (χ1v) is 18.5. The second-order valence-corrected chi connectivity index (χ2v) is 14.6. The summed E-state index contributed by atoms with van der Waals surface area (Å²) in [5, 5.41) is 4.37. The summed E-state index contributed by atoms with van der Waals surface area (Å²) >= 11 is 0. The Morgan fingerprint density at radius 3 is 2.21 bits per heavy atom. The Hall–Kier alpha value is -6.13. The van der Waals surface area contributed by atoms with Gasteiger partial charge in [0.2, 0.25) is 0 Å². The molecule has 0 aliphatic rings. The Morgan fingerprint density at radius 2 is 1.41 bits per heavy atom. The molecule has 3 aromatic heterocycles. The van der Waals surface area contributed by atoms with E-state index < -0.39 is 11.8 Å². The minimum Gasteiger partial charge on any atom is -0.500 e. The smallest absolute Gasteiger partial charge is 0.128 e. The molecule has 0 bridgehead atoms. The van der Waals surface area contributed by atoms with Crippen LogP contribution >= 0.6 is 0 Å². The number of pyridine rings is 1. The molecular formula is C51H39IrN3O-2. The number of furan rings is 1. The summed E-state index contributed by atoms with van der Waals surface area (Å²) in [5.41, 5.74) is 9.69. The maximum Gasteiger partial charge on any atom is 0.128 e. The Labute approximate surface area is 343 Å². The molecule has 0 spiro atoms. The Bertz CT molecular complexity index is 3020. The molecule has 275 valence electrons. The van der Waals surface area contributed by atoms with Gasteiger partial charge in [-0.2, -0.15) is 0 Å². The summed E-state index contributed by atoms with van der Waals surface area (Å²) in [6.07, 6.45) is 0.378. The molecule has 5 heteroatoms. The molecule has 0 amide bonds. The van der Waals surface area contributed by atoms with Crippen molar-refractivity contribution in [2.24, 2.45) is 5.41 Å². The van der Waals surface area contributed by atoms with Crippen LogP contribution in [-0.2, 0) is 26.5 Å². The molecule has 10 aromatic rings. The summed E-state index contributed by atoms with van der Waals surface area (Å²) in [4.78, 5) is 9.45. The van der Waals surface area contributed by atoms with Gasteiger partial charge in [-0.3, -0.25) is 4.98 Å². The molecule has 7 aromatic carbocycles. The Balaban J connectivity index is 0.000000181. The first kappa shape index (κ1) is 34.4. The molecule has 0 fully saturated rings. The van der Waals surface area contributed by atoms with Crippen LogP contribution in [0.15, 0.2) is 174 Å². The van der Waals surface area contributed by atoms with E-state index in [9.17, 15) is 0 Å². The van der Waals surface area contributed by atoms with Crippen molar-refractivity contribution in [3.05, 3.63) is 188 Å². The maximum absolute atomic E-state index is 8.56. The van der Waals surface area contributed by atoms with E-state index in [-0.39, 0.29) is 20.1 Å². The van der Waals surface area contributed by atoms with E-state index in [4.69, 9.17) is 12.1 Å². The molecule has 3 heterocycles. The van der Waals surface area contributed by atoms with Gasteiger partial charge in [-0.15, -0.1) is 54.1 Å². The van der Waals surface area contributed by atoms with E-state index in [2.05, 4.69) is 64.1 Å². The van der Waals surface area contributed by atoms with Crippen LogP contribution < -0.4 is 0 Å². The minimum absolute atomic E-state index is 0. The Kier molecular flexibility index (Phi) is 9.54. The number of nitrogens with zero attached hydrogens (tertiary/aromatic N) is 3. The summed E-state index contributed by atoms with van der Waals surface area (Å²) in [6, 6.07) is 61.3. The van der Waals surface area contributed by atoms with E-state index in [1.165, 1.54) is 0 Å². The molecule has 4 nitrogen and oxygen atoms in total. The number of benzene rings is 7. The van der Waals surface area contributed by atoms with Crippen molar-refractivity contribution < 1.29 is 27.3 Å². The van der Waals surface area contributed by atoms with Gasteiger partial charge in [-0.25, -0.2) is 0 Å². The van der Waals surface area contributed by atoms with Crippen molar-refractivity contribution in [1.82, 2.24) is 14.5 Å². The van der Waals surface area contributed by atoms with Gasteiger partial charge in [-0.05, 0) is 69.9 Å². The van der Waals surface area contributed by atoms with E-state index in [0.717, 1.165) is 83.2 Å². The number of aromatic nitrogens is 3. The summed E-state index contributed by atoms with van der Waals surface area (Å²) in [6.45, 7) is 5.77. The van der Waals surface area contributed by atoms with Gasteiger partial charge in [-0.1, -0.05) is 129 Å². The Morgan fingerprint density at radius 1 is 0.661 bits per heavy atom. The summed E-state index contributed by atoms with van der Waals surface area (Å²) in [5.74, 6) is 0.919. The average molecular weight is 904 g/mol. The largest absolute Gasteiger partial charge is 0.500 e. The number of hydrogen-bond donors (Lipinski definition) is 0. The SMILES string of the molecule is [2H]C([2H])(c1ccc(-c2ccnc(-c3[c-]ccc4c3oc3c5ccccc5ccc43)c2)cc1)C(C)(C)C.[Ir].[c-]1ccccc1-c1nc2ccccc2n1-c1ccccc1. The van der Waals surface area contributed by atoms with Crippen molar-refractivity contribution in [2.75, 3.05) is 0 Å². The molecule has 0 saturated heterocycles. The number of imidazole rings is 1. The molecular weight excluding hydrogens is 863 g/mol. The van der Waals surface area contributed by atoms with Crippen LogP contribution in [0.4, 0.5) is 0 Å². The van der Waals surface area contributed by atoms with Crippen molar-refractivity contribution in [3.63, 3.8) is 0 Å². The fourth-order valence-electron chi connectivity index (χ4n) is 7.16. The monoisotopic (exact) mass is 904 g/mol. The number of hydrogen-bond acceptors (Lipinski definition) is 3. The predicted octanol–water partition coefficient (Wildman–Crippen LogP) is 13.3. The molecule has 0 unspecified atom stereocenters. The molecule has 10 rings (SSSR count). The average Bonchev–Trinajstić information content (AvgIpc) is 3.84. The van der Waals surface area contributed by atoms with Crippen LogP contribution in [0.1, 0.15) is 29.1 Å². The van der Waals surface area contributed by atoms with Gasteiger partial charge in [0.1, 0.15) is 5.58 Å². The van der Waals surface area contributed by atoms with Gasteiger partial charge in [0.25, 0.3) is 0 Å². The van der Waals surface area contributed by atoms with Crippen molar-refractivity contribution in [3.8, 4) is 39.5 Å². The minimum atomic E-state index is -1.43. The van der Waals surface area contributed by atoms with Crippen molar-refractivity contribution >= 4 is 43.7 Å². The fourth-order valence-corrected chi connectivity index (χ4v) is 7.16. The fraction of sp³-hybridized carbons (Fsp3) is 0.0980. The van der Waals surface area contributed by atoms with Crippen LogP contribution in [0, 0.1) is 17.5 Å². The van der Waals surface area contributed by atoms with E-state index >= 15 is 0 Å². The van der Waals surface area contributed by atoms with Gasteiger partial charge >= 0.3 is 0 Å². The van der Waals surface area contributed by atoms with E-state index in [1.54, 1.807) is 6.20 Å². The van der Waals surface area contributed by atoms with E-state index in [1.807, 2.05) is 142 Å². The van der Waals surface area contributed by atoms with Crippen molar-refractivity contribution in [1.29, 1.82) is 0 Å². The molecule has 0 aliphatic heterocycles. The second kappa shape index (κ2) is 15.5.